The first-order valence-electron chi connectivity index (χ1n) is 4.44. The maximum Gasteiger partial charge on any atom is 0.320 e. The standard InChI is InChI=1S/C6H12O2S.C3H6/c1-4(2)5(3)6(7)8-9;1-2-3-1/h4-5,9H,1-3H3;1-3H2. The monoisotopic (exact) mass is 190 g/mol. The number of rotatable bonds is 2. The summed E-state index contributed by atoms with van der Waals surface area (Å²) in [6.07, 6.45) is 4.50. The molecule has 1 unspecified atom stereocenters. The van der Waals surface area contributed by atoms with Crippen molar-refractivity contribution in [3.63, 3.8) is 0 Å². The summed E-state index contributed by atoms with van der Waals surface area (Å²) in [6.45, 7) is 5.76. The molecule has 1 aliphatic rings. The highest BCUT2D eigenvalue weighted by Crippen LogP contribution is 2.14. The van der Waals surface area contributed by atoms with Gasteiger partial charge in [-0.1, -0.05) is 40.0 Å². The molecule has 1 rings (SSSR count). The van der Waals surface area contributed by atoms with E-state index in [9.17, 15) is 4.79 Å². The van der Waals surface area contributed by atoms with Crippen molar-refractivity contribution < 1.29 is 8.98 Å². The fraction of sp³-hybridized carbons (Fsp3) is 0.889. The zero-order valence-corrected chi connectivity index (χ0v) is 8.93. The van der Waals surface area contributed by atoms with Gasteiger partial charge in [0.2, 0.25) is 0 Å². The molecule has 1 saturated carbocycles. The molecule has 0 saturated heterocycles. The van der Waals surface area contributed by atoms with E-state index in [2.05, 4.69) is 17.1 Å². The molecule has 1 aliphatic carbocycles. The van der Waals surface area contributed by atoms with Crippen LogP contribution in [0.4, 0.5) is 0 Å². The molecule has 3 heteroatoms. The Labute approximate surface area is 80.3 Å². The molecule has 0 N–H and O–H groups in total. The molecule has 0 aromatic rings. The van der Waals surface area contributed by atoms with Crippen molar-refractivity contribution in [2.45, 2.75) is 40.0 Å². The fourth-order valence-electron chi connectivity index (χ4n) is 0.355. The van der Waals surface area contributed by atoms with Crippen LogP contribution < -0.4 is 0 Å². The third kappa shape index (κ3) is 6.53. The summed E-state index contributed by atoms with van der Waals surface area (Å²) in [7, 11) is 0. The largest absolute Gasteiger partial charge is 0.394 e. The molecule has 0 heterocycles. The van der Waals surface area contributed by atoms with E-state index in [-0.39, 0.29) is 11.9 Å². The van der Waals surface area contributed by atoms with Crippen molar-refractivity contribution in [2.24, 2.45) is 11.8 Å². The second-order valence-corrected chi connectivity index (χ2v) is 3.69. The van der Waals surface area contributed by atoms with Crippen LogP contribution in [0.3, 0.4) is 0 Å². The van der Waals surface area contributed by atoms with Gasteiger partial charge < -0.3 is 4.18 Å². The average Bonchev–Trinajstić information content (AvgIpc) is 2.87. The Kier molecular flexibility index (Phi) is 6.25. The van der Waals surface area contributed by atoms with Crippen molar-refractivity contribution >= 4 is 18.9 Å². The molecule has 0 radical (unpaired) electrons. The van der Waals surface area contributed by atoms with E-state index in [0.29, 0.717) is 5.92 Å². The van der Waals surface area contributed by atoms with Gasteiger partial charge in [-0.25, -0.2) is 0 Å². The molecule has 2 nitrogen and oxygen atoms in total. The van der Waals surface area contributed by atoms with Gasteiger partial charge in [0.1, 0.15) is 0 Å². The van der Waals surface area contributed by atoms with E-state index in [1.165, 1.54) is 19.3 Å². The van der Waals surface area contributed by atoms with Crippen LogP contribution in [-0.4, -0.2) is 5.97 Å². The topological polar surface area (TPSA) is 26.3 Å². The Morgan fingerprint density at radius 2 is 1.67 bits per heavy atom. The first kappa shape index (κ1) is 11.8. The Hall–Kier alpha value is -0.180. The van der Waals surface area contributed by atoms with Crippen LogP contribution in [0.25, 0.3) is 0 Å². The minimum absolute atomic E-state index is 0.0532. The average molecular weight is 190 g/mol. The van der Waals surface area contributed by atoms with E-state index in [1.807, 2.05) is 20.8 Å². The smallest absolute Gasteiger partial charge is 0.320 e. The van der Waals surface area contributed by atoms with Gasteiger partial charge in [0.15, 0.2) is 0 Å². The first-order chi connectivity index (χ1) is 5.59. The zero-order valence-electron chi connectivity index (χ0n) is 8.04. The lowest BCUT2D eigenvalue weighted by Gasteiger charge is -2.10. The number of carbonyl (C=O) groups excluding carboxylic acids is 1. The summed E-state index contributed by atoms with van der Waals surface area (Å²) in [5, 5.41) is 0. The highest BCUT2D eigenvalue weighted by Gasteiger charge is 2.16. The number of carbonyl (C=O) groups is 1. The number of hydrogen-bond acceptors (Lipinski definition) is 3. The van der Waals surface area contributed by atoms with Crippen molar-refractivity contribution in [2.75, 3.05) is 0 Å². The highest BCUT2D eigenvalue weighted by molar-refractivity contribution is 7.75. The summed E-state index contributed by atoms with van der Waals surface area (Å²) >= 11 is 3.40. The number of hydrogen-bond donors (Lipinski definition) is 1. The molecule has 0 aromatic carbocycles. The second-order valence-electron chi connectivity index (χ2n) is 3.50. The minimum Gasteiger partial charge on any atom is -0.394 e. The summed E-state index contributed by atoms with van der Waals surface area (Å²) in [5.41, 5.74) is 0. The summed E-state index contributed by atoms with van der Waals surface area (Å²) in [5.74, 6) is 0.0143. The highest BCUT2D eigenvalue weighted by atomic mass is 32.1. The third-order valence-electron chi connectivity index (χ3n) is 1.82. The molecular weight excluding hydrogens is 172 g/mol. The lowest BCUT2D eigenvalue weighted by atomic mass is 9.99. The Bertz CT molecular complexity index is 130. The van der Waals surface area contributed by atoms with Gasteiger partial charge in [0, 0.05) is 12.9 Å². The normalized spacial score (nSPS) is 16.1. The molecule has 0 aliphatic heterocycles. The first-order valence-corrected chi connectivity index (χ1v) is 4.81. The quantitative estimate of drug-likeness (QED) is 0.535. The van der Waals surface area contributed by atoms with E-state index in [0.717, 1.165) is 0 Å². The van der Waals surface area contributed by atoms with Crippen LogP contribution in [0, 0.1) is 11.8 Å². The van der Waals surface area contributed by atoms with Gasteiger partial charge in [-0.05, 0) is 5.92 Å². The van der Waals surface area contributed by atoms with Gasteiger partial charge in [0.25, 0.3) is 0 Å². The molecule has 0 bridgehead atoms. The Morgan fingerprint density at radius 1 is 1.25 bits per heavy atom. The van der Waals surface area contributed by atoms with Crippen molar-refractivity contribution in [1.29, 1.82) is 0 Å². The van der Waals surface area contributed by atoms with Crippen LogP contribution >= 0.6 is 12.9 Å². The third-order valence-corrected chi connectivity index (χ3v) is 2.00. The van der Waals surface area contributed by atoms with Crippen LogP contribution in [0.1, 0.15) is 40.0 Å². The summed E-state index contributed by atoms with van der Waals surface area (Å²) in [6, 6.07) is 0. The Morgan fingerprint density at radius 3 is 1.75 bits per heavy atom. The minimum atomic E-state index is -0.256. The lowest BCUT2D eigenvalue weighted by Crippen LogP contribution is -2.16. The van der Waals surface area contributed by atoms with Crippen molar-refractivity contribution in [3.8, 4) is 0 Å². The zero-order chi connectivity index (χ0) is 9.56. The second kappa shape index (κ2) is 6.35. The van der Waals surface area contributed by atoms with Gasteiger partial charge in [-0.15, -0.1) is 0 Å². The molecule has 1 fully saturated rings. The van der Waals surface area contributed by atoms with Gasteiger partial charge in [-0.2, -0.15) is 0 Å². The summed E-state index contributed by atoms with van der Waals surface area (Å²) < 4.78 is 4.23. The Balaban J connectivity index is 0.000000330. The molecule has 1 atom stereocenters. The van der Waals surface area contributed by atoms with Gasteiger partial charge in [0.05, 0.1) is 5.92 Å². The molecule has 0 amide bonds. The predicted molar refractivity (Wildman–Crippen MR) is 52.9 cm³/mol. The molecule has 12 heavy (non-hydrogen) atoms. The van der Waals surface area contributed by atoms with Gasteiger partial charge in [-0.3, -0.25) is 4.79 Å². The van der Waals surface area contributed by atoms with Crippen LogP contribution in [0.5, 0.6) is 0 Å². The number of thiol groups is 1. The molecule has 72 valence electrons. The van der Waals surface area contributed by atoms with Crippen LogP contribution in [0.2, 0.25) is 0 Å². The maximum absolute atomic E-state index is 10.7. The SMILES string of the molecule is C1CC1.CC(C)C(C)C(=O)OS. The van der Waals surface area contributed by atoms with E-state index < -0.39 is 0 Å². The molecular formula is C9H18O2S. The molecule has 0 spiro atoms. The van der Waals surface area contributed by atoms with E-state index >= 15 is 0 Å². The predicted octanol–water partition coefficient (Wildman–Crippen LogP) is 2.84. The van der Waals surface area contributed by atoms with Crippen LogP contribution in [0.15, 0.2) is 0 Å². The van der Waals surface area contributed by atoms with Crippen molar-refractivity contribution in [1.82, 2.24) is 0 Å². The molecule has 0 aromatic heterocycles. The van der Waals surface area contributed by atoms with E-state index in [1.54, 1.807) is 0 Å². The van der Waals surface area contributed by atoms with Gasteiger partial charge >= 0.3 is 5.97 Å². The van der Waals surface area contributed by atoms with Crippen LogP contribution in [-0.2, 0) is 8.98 Å². The van der Waals surface area contributed by atoms with E-state index in [4.69, 9.17) is 0 Å². The fourth-order valence-corrected chi connectivity index (χ4v) is 0.522. The lowest BCUT2D eigenvalue weighted by molar-refractivity contribution is -0.138. The summed E-state index contributed by atoms with van der Waals surface area (Å²) in [4.78, 5) is 10.7. The van der Waals surface area contributed by atoms with Crippen molar-refractivity contribution in [3.05, 3.63) is 0 Å². The maximum atomic E-state index is 10.7.